The molecule has 0 aromatic heterocycles. The van der Waals surface area contributed by atoms with Crippen LogP contribution in [0.4, 0.5) is 49.1 Å². The van der Waals surface area contributed by atoms with Gasteiger partial charge in [-0.3, -0.25) is 0 Å². The van der Waals surface area contributed by atoms with Crippen LogP contribution in [0.5, 0.6) is 0 Å². The highest BCUT2D eigenvalue weighted by Crippen LogP contribution is 2.57. The fourth-order valence-electron chi connectivity index (χ4n) is 4.17. The van der Waals surface area contributed by atoms with Crippen LogP contribution in [0.2, 0.25) is 0 Å². The predicted octanol–water partition coefficient (Wildman–Crippen LogP) is 7.59. The zero-order valence-corrected chi connectivity index (χ0v) is 20.6. The van der Waals surface area contributed by atoms with Gasteiger partial charge in [0.1, 0.15) is 0 Å². The SMILES string of the molecule is Nc1cc(C(F)(F)C(F)(c2ccc(NCc3ccccc3)c(N)c2)C(F)(F)F)ccc1NCc1ccccc1. The van der Waals surface area contributed by atoms with Gasteiger partial charge in [-0.1, -0.05) is 72.8 Å². The van der Waals surface area contributed by atoms with E-state index in [4.69, 9.17) is 11.5 Å². The van der Waals surface area contributed by atoms with Crippen molar-refractivity contribution in [1.29, 1.82) is 0 Å². The monoisotopic (exact) mass is 544 g/mol. The van der Waals surface area contributed by atoms with E-state index < -0.39 is 28.9 Å². The molecule has 4 rings (SSSR count). The highest BCUT2D eigenvalue weighted by molar-refractivity contribution is 5.69. The highest BCUT2D eigenvalue weighted by Gasteiger charge is 2.72. The first-order valence-corrected chi connectivity index (χ1v) is 11.9. The molecule has 6 N–H and O–H groups in total. The number of rotatable bonds is 9. The number of hydrogen-bond donors (Lipinski definition) is 4. The van der Waals surface area contributed by atoms with Crippen LogP contribution < -0.4 is 22.1 Å². The van der Waals surface area contributed by atoms with Crippen molar-refractivity contribution in [2.24, 2.45) is 0 Å². The molecule has 1 atom stereocenters. The first kappa shape index (κ1) is 27.7. The Morgan fingerprint density at radius 2 is 0.949 bits per heavy atom. The molecule has 204 valence electrons. The molecule has 0 bridgehead atoms. The third-order valence-corrected chi connectivity index (χ3v) is 6.34. The van der Waals surface area contributed by atoms with Gasteiger partial charge in [0.15, 0.2) is 0 Å². The number of benzene rings is 4. The number of halogens is 6. The molecule has 0 spiro atoms. The zero-order valence-electron chi connectivity index (χ0n) is 20.6. The average Bonchev–Trinajstić information content (AvgIpc) is 2.91. The molecule has 0 aliphatic rings. The first-order chi connectivity index (χ1) is 18.4. The normalized spacial score (nSPS) is 13.5. The fraction of sp³-hybridized carbons (Fsp3) is 0.172. The molecular formula is C29H26F6N4. The maximum Gasteiger partial charge on any atom is 0.433 e. The standard InChI is InChI=1S/C29H26F6N4/c30-27(29(33,34)35,21-11-13-25(23(36)15-21)38-17-19-7-3-1-4-8-19)28(31,32)22-12-14-26(24(37)16-22)39-18-20-9-5-2-6-10-20/h1-16,38-39H,17-18,36-37H2. The molecule has 0 saturated carbocycles. The summed E-state index contributed by atoms with van der Waals surface area (Å²) in [5, 5.41) is 5.85. The molecule has 4 aromatic rings. The number of nitrogens with one attached hydrogen (secondary N) is 2. The molecule has 0 fully saturated rings. The van der Waals surface area contributed by atoms with Crippen LogP contribution in [0.3, 0.4) is 0 Å². The molecular weight excluding hydrogens is 518 g/mol. The van der Waals surface area contributed by atoms with Gasteiger partial charge in [-0.25, -0.2) is 4.39 Å². The Balaban J connectivity index is 1.62. The van der Waals surface area contributed by atoms with Gasteiger partial charge in [0.05, 0.1) is 22.7 Å². The Hall–Kier alpha value is -4.34. The Morgan fingerprint density at radius 3 is 1.36 bits per heavy atom. The fourth-order valence-corrected chi connectivity index (χ4v) is 4.17. The smallest absolute Gasteiger partial charge is 0.397 e. The predicted molar refractivity (Wildman–Crippen MR) is 142 cm³/mol. The second-order valence-electron chi connectivity index (χ2n) is 9.01. The number of alkyl halides is 6. The van der Waals surface area contributed by atoms with Crippen LogP contribution >= 0.6 is 0 Å². The Labute approximate surface area is 221 Å². The van der Waals surface area contributed by atoms with E-state index in [2.05, 4.69) is 10.6 Å². The van der Waals surface area contributed by atoms with Crippen LogP contribution in [0.15, 0.2) is 97.1 Å². The van der Waals surface area contributed by atoms with E-state index in [1.165, 1.54) is 0 Å². The lowest BCUT2D eigenvalue weighted by Gasteiger charge is -2.36. The lowest BCUT2D eigenvalue weighted by molar-refractivity contribution is -0.314. The van der Waals surface area contributed by atoms with Crippen molar-refractivity contribution >= 4 is 22.7 Å². The van der Waals surface area contributed by atoms with Crippen molar-refractivity contribution in [3.05, 3.63) is 119 Å². The summed E-state index contributed by atoms with van der Waals surface area (Å²) in [6, 6.07) is 22.9. The summed E-state index contributed by atoms with van der Waals surface area (Å²) in [6.07, 6.45) is -5.99. The second-order valence-corrected chi connectivity index (χ2v) is 9.01. The topological polar surface area (TPSA) is 76.1 Å². The maximum absolute atomic E-state index is 15.9. The van der Waals surface area contributed by atoms with Crippen molar-refractivity contribution in [3.63, 3.8) is 0 Å². The van der Waals surface area contributed by atoms with Gasteiger partial charge >= 0.3 is 12.1 Å². The van der Waals surface area contributed by atoms with Crippen LogP contribution in [-0.4, -0.2) is 6.18 Å². The van der Waals surface area contributed by atoms with Crippen LogP contribution in [0.1, 0.15) is 22.3 Å². The molecule has 4 nitrogen and oxygen atoms in total. The van der Waals surface area contributed by atoms with Crippen molar-refractivity contribution < 1.29 is 26.3 Å². The van der Waals surface area contributed by atoms with Crippen LogP contribution in [0.25, 0.3) is 0 Å². The molecule has 0 amide bonds. The Kier molecular flexibility index (Phi) is 7.67. The van der Waals surface area contributed by atoms with E-state index in [1.807, 2.05) is 36.4 Å². The largest absolute Gasteiger partial charge is 0.433 e. The lowest BCUT2D eigenvalue weighted by atomic mass is 9.83. The number of nitrogens with two attached hydrogens (primary N) is 2. The van der Waals surface area contributed by atoms with Gasteiger partial charge in [0.25, 0.3) is 5.67 Å². The van der Waals surface area contributed by atoms with Gasteiger partial charge in [0, 0.05) is 24.2 Å². The molecule has 0 heterocycles. The van der Waals surface area contributed by atoms with E-state index in [-0.39, 0.29) is 29.3 Å². The molecule has 0 aliphatic heterocycles. The lowest BCUT2D eigenvalue weighted by Crippen LogP contribution is -2.51. The van der Waals surface area contributed by atoms with E-state index in [1.54, 1.807) is 24.3 Å². The van der Waals surface area contributed by atoms with Gasteiger partial charge in [-0.2, -0.15) is 22.0 Å². The summed E-state index contributed by atoms with van der Waals surface area (Å²) in [5.41, 5.74) is 5.63. The van der Waals surface area contributed by atoms with Crippen LogP contribution in [-0.2, 0) is 24.7 Å². The van der Waals surface area contributed by atoms with Gasteiger partial charge in [-0.15, -0.1) is 0 Å². The Bertz CT molecular complexity index is 1410. The minimum atomic E-state index is -5.99. The zero-order chi connectivity index (χ0) is 28.3. The summed E-state index contributed by atoms with van der Waals surface area (Å²) in [4.78, 5) is 0. The summed E-state index contributed by atoms with van der Waals surface area (Å²) in [5.74, 6) is -5.04. The number of nitrogen functional groups attached to an aromatic ring is 2. The quantitative estimate of drug-likeness (QED) is 0.129. The third-order valence-electron chi connectivity index (χ3n) is 6.34. The molecule has 0 radical (unpaired) electrons. The summed E-state index contributed by atoms with van der Waals surface area (Å²) < 4.78 is 89.2. The van der Waals surface area contributed by atoms with E-state index in [9.17, 15) is 13.2 Å². The average molecular weight is 545 g/mol. The van der Waals surface area contributed by atoms with Crippen molar-refractivity contribution in [2.45, 2.75) is 30.9 Å². The van der Waals surface area contributed by atoms with Crippen molar-refractivity contribution in [2.75, 3.05) is 22.1 Å². The summed E-state index contributed by atoms with van der Waals surface area (Å²) in [7, 11) is 0. The highest BCUT2D eigenvalue weighted by atomic mass is 19.4. The molecule has 4 aromatic carbocycles. The van der Waals surface area contributed by atoms with Gasteiger partial charge in [0.2, 0.25) is 0 Å². The van der Waals surface area contributed by atoms with Gasteiger partial charge in [-0.05, 0) is 35.4 Å². The molecule has 39 heavy (non-hydrogen) atoms. The van der Waals surface area contributed by atoms with Crippen molar-refractivity contribution in [3.8, 4) is 0 Å². The molecule has 10 heteroatoms. The minimum absolute atomic E-state index is 0.175. The molecule has 0 saturated heterocycles. The Morgan fingerprint density at radius 1 is 0.538 bits per heavy atom. The third kappa shape index (κ3) is 5.59. The van der Waals surface area contributed by atoms with Crippen molar-refractivity contribution in [1.82, 2.24) is 0 Å². The number of anilines is 4. The summed E-state index contributed by atoms with van der Waals surface area (Å²) >= 11 is 0. The van der Waals surface area contributed by atoms with Gasteiger partial charge < -0.3 is 22.1 Å². The molecule has 1 unspecified atom stereocenters. The maximum atomic E-state index is 15.9. The van der Waals surface area contributed by atoms with Crippen LogP contribution in [0, 0.1) is 0 Å². The minimum Gasteiger partial charge on any atom is -0.397 e. The molecule has 0 aliphatic carbocycles. The summed E-state index contributed by atoms with van der Waals surface area (Å²) in [6.45, 7) is 0.560. The van der Waals surface area contributed by atoms with E-state index in [0.29, 0.717) is 24.7 Å². The number of hydrogen-bond acceptors (Lipinski definition) is 4. The first-order valence-electron chi connectivity index (χ1n) is 11.9. The second kappa shape index (κ2) is 10.8. The van der Waals surface area contributed by atoms with E-state index in [0.717, 1.165) is 29.3 Å². The van der Waals surface area contributed by atoms with E-state index >= 15 is 13.2 Å².